The fourth-order valence-electron chi connectivity index (χ4n) is 4.55. The number of hydrogen-bond donors (Lipinski definition) is 3. The van der Waals surface area contributed by atoms with Gasteiger partial charge in [-0.1, -0.05) is 48.5 Å². The molecule has 0 fully saturated rings. The van der Waals surface area contributed by atoms with Gasteiger partial charge in [0.25, 0.3) is 0 Å². The summed E-state index contributed by atoms with van der Waals surface area (Å²) in [4.78, 5) is 54.2. The standard InChI is InChI=1S/C31H40N4O8/c1-30(2,3)42-28(39)34-26(32)35(29(40)43-31(4,5)6)17-11-16-24(25(36)37)33-27(38)41-18-23-21-14-9-7-12-19(21)20-13-8-10-15-22(20)23/h7-10,12-15,23-24H,11,16-18H2,1-6H3,(H,33,38)(H,36,37)(H2,32,34,39)/t24-/m0/s1. The molecule has 0 bridgehead atoms. The maximum atomic E-state index is 12.8. The number of carbonyl (C=O) groups excluding carboxylic acids is 3. The van der Waals surface area contributed by atoms with Crippen molar-refractivity contribution in [1.82, 2.24) is 10.2 Å². The fraction of sp³-hybridized carbons (Fsp3) is 0.452. The Kier molecular flexibility index (Phi) is 10.4. The number of benzene rings is 2. The molecule has 1 aliphatic carbocycles. The SMILES string of the molecule is CC(C)(C)OC(=O)/N=C(\N)N(CCC[C@H](NC(=O)OCC1c2ccccc2-c2ccccc21)C(=O)O)C(=O)OC(C)(C)C. The van der Waals surface area contributed by atoms with Gasteiger partial charge in [-0.05, 0) is 76.6 Å². The second-order valence-electron chi connectivity index (χ2n) is 12.1. The number of hydrogen-bond acceptors (Lipinski definition) is 7. The van der Waals surface area contributed by atoms with Crippen molar-refractivity contribution in [3.05, 3.63) is 59.7 Å². The third-order valence-electron chi connectivity index (χ3n) is 6.30. The van der Waals surface area contributed by atoms with Crippen LogP contribution in [0.1, 0.15) is 71.4 Å². The molecular formula is C31H40N4O8. The van der Waals surface area contributed by atoms with Crippen LogP contribution in [0.15, 0.2) is 53.5 Å². The predicted octanol–water partition coefficient (Wildman–Crippen LogP) is 5.25. The minimum absolute atomic E-state index is 0.0241. The Balaban J connectivity index is 1.62. The number of carbonyl (C=O) groups is 4. The Morgan fingerprint density at radius 3 is 1.98 bits per heavy atom. The number of guanidine groups is 1. The van der Waals surface area contributed by atoms with Crippen LogP contribution in [-0.4, -0.2) is 70.6 Å². The van der Waals surface area contributed by atoms with Gasteiger partial charge in [0, 0.05) is 12.5 Å². The van der Waals surface area contributed by atoms with Crippen LogP contribution in [0.2, 0.25) is 0 Å². The lowest BCUT2D eigenvalue weighted by atomic mass is 9.98. The summed E-state index contributed by atoms with van der Waals surface area (Å²) in [7, 11) is 0. The molecule has 0 saturated carbocycles. The van der Waals surface area contributed by atoms with Crippen LogP contribution in [0.25, 0.3) is 11.1 Å². The van der Waals surface area contributed by atoms with Gasteiger partial charge >= 0.3 is 24.2 Å². The van der Waals surface area contributed by atoms with Crippen molar-refractivity contribution in [3.8, 4) is 11.1 Å². The molecule has 2 aromatic rings. The number of carboxylic acid groups (broad SMARTS) is 1. The highest BCUT2D eigenvalue weighted by molar-refractivity contribution is 5.98. The average molecular weight is 597 g/mol. The summed E-state index contributed by atoms with van der Waals surface area (Å²) in [5, 5.41) is 12.1. The number of nitrogens with zero attached hydrogens (tertiary/aromatic N) is 2. The molecule has 1 aliphatic rings. The molecule has 3 amide bonds. The number of fused-ring (bicyclic) bond motifs is 3. The smallest absolute Gasteiger partial charge is 0.437 e. The molecule has 0 spiro atoms. The van der Waals surface area contributed by atoms with Gasteiger partial charge in [0.05, 0.1) is 0 Å². The van der Waals surface area contributed by atoms with Gasteiger partial charge in [-0.25, -0.2) is 24.1 Å². The lowest BCUT2D eigenvalue weighted by Crippen LogP contribution is -2.46. The first-order chi connectivity index (χ1) is 20.1. The van der Waals surface area contributed by atoms with Gasteiger partial charge in [0.1, 0.15) is 23.9 Å². The van der Waals surface area contributed by atoms with Crippen molar-refractivity contribution in [2.75, 3.05) is 13.2 Å². The fourth-order valence-corrected chi connectivity index (χ4v) is 4.55. The lowest BCUT2D eigenvalue weighted by Gasteiger charge is -2.27. The highest BCUT2D eigenvalue weighted by Gasteiger charge is 2.31. The number of rotatable bonds is 8. The van der Waals surface area contributed by atoms with Crippen LogP contribution in [-0.2, 0) is 19.0 Å². The first kappa shape index (κ1) is 32.9. The highest BCUT2D eigenvalue weighted by atomic mass is 16.6. The van der Waals surface area contributed by atoms with E-state index in [0.29, 0.717) is 0 Å². The molecule has 0 unspecified atom stereocenters. The van der Waals surface area contributed by atoms with Gasteiger partial charge in [-0.2, -0.15) is 0 Å². The van der Waals surface area contributed by atoms with E-state index in [1.165, 1.54) is 0 Å². The monoisotopic (exact) mass is 596 g/mol. The van der Waals surface area contributed by atoms with Crippen LogP contribution in [0.3, 0.4) is 0 Å². The van der Waals surface area contributed by atoms with Crippen molar-refractivity contribution in [2.24, 2.45) is 10.7 Å². The second-order valence-corrected chi connectivity index (χ2v) is 12.1. The molecule has 4 N–H and O–H groups in total. The Hall–Kier alpha value is -4.61. The first-order valence-corrected chi connectivity index (χ1v) is 14.0. The minimum Gasteiger partial charge on any atom is -0.480 e. The molecule has 2 aromatic carbocycles. The van der Waals surface area contributed by atoms with E-state index in [4.69, 9.17) is 19.9 Å². The molecule has 3 rings (SSSR count). The average Bonchev–Trinajstić information content (AvgIpc) is 3.20. The molecule has 0 heterocycles. The number of alkyl carbamates (subject to hydrolysis) is 1. The molecule has 43 heavy (non-hydrogen) atoms. The maximum Gasteiger partial charge on any atom is 0.437 e. The van der Waals surface area contributed by atoms with Crippen LogP contribution >= 0.6 is 0 Å². The number of amides is 3. The van der Waals surface area contributed by atoms with E-state index < -0.39 is 47.5 Å². The van der Waals surface area contributed by atoms with E-state index in [9.17, 15) is 24.3 Å². The zero-order valence-electron chi connectivity index (χ0n) is 25.4. The van der Waals surface area contributed by atoms with Crippen LogP contribution in [0.4, 0.5) is 14.4 Å². The summed E-state index contributed by atoms with van der Waals surface area (Å²) in [5.74, 6) is -1.94. The number of carboxylic acids is 1. The summed E-state index contributed by atoms with van der Waals surface area (Å²) < 4.78 is 16.0. The van der Waals surface area contributed by atoms with Crippen molar-refractivity contribution in [2.45, 2.75) is 77.5 Å². The zero-order chi connectivity index (χ0) is 31.9. The van der Waals surface area contributed by atoms with Gasteiger partial charge in [-0.15, -0.1) is 4.99 Å². The number of nitrogens with two attached hydrogens (primary N) is 1. The van der Waals surface area contributed by atoms with E-state index >= 15 is 0 Å². The van der Waals surface area contributed by atoms with Gasteiger partial charge in [-0.3, -0.25) is 0 Å². The van der Waals surface area contributed by atoms with E-state index in [2.05, 4.69) is 10.3 Å². The summed E-state index contributed by atoms with van der Waals surface area (Å²) in [6.45, 7) is 9.79. The first-order valence-electron chi connectivity index (χ1n) is 14.0. The zero-order valence-corrected chi connectivity index (χ0v) is 25.4. The van der Waals surface area contributed by atoms with Crippen molar-refractivity contribution in [1.29, 1.82) is 0 Å². The van der Waals surface area contributed by atoms with E-state index in [1.807, 2.05) is 48.5 Å². The largest absolute Gasteiger partial charge is 0.480 e. The second kappa shape index (κ2) is 13.6. The molecule has 12 heteroatoms. The summed E-state index contributed by atoms with van der Waals surface area (Å²) >= 11 is 0. The molecule has 232 valence electrons. The van der Waals surface area contributed by atoms with E-state index in [0.717, 1.165) is 27.2 Å². The third-order valence-corrected chi connectivity index (χ3v) is 6.30. The minimum atomic E-state index is -1.32. The summed E-state index contributed by atoms with van der Waals surface area (Å²) in [6.07, 6.45) is -2.79. The van der Waals surface area contributed by atoms with Crippen molar-refractivity contribution >= 4 is 30.2 Å². The normalized spacial score (nSPS) is 13.8. The number of ether oxygens (including phenoxy) is 3. The van der Waals surface area contributed by atoms with Crippen molar-refractivity contribution in [3.63, 3.8) is 0 Å². The molecule has 0 aliphatic heterocycles. The van der Waals surface area contributed by atoms with E-state index in [-0.39, 0.29) is 31.9 Å². The molecule has 0 saturated heterocycles. The van der Waals surface area contributed by atoms with Crippen LogP contribution in [0, 0.1) is 0 Å². The number of aliphatic imine (C=N–C) groups is 1. The predicted molar refractivity (Wildman–Crippen MR) is 160 cm³/mol. The Morgan fingerprint density at radius 1 is 0.930 bits per heavy atom. The lowest BCUT2D eigenvalue weighted by molar-refractivity contribution is -0.139. The Bertz CT molecular complexity index is 1330. The third kappa shape index (κ3) is 9.45. The quantitative estimate of drug-likeness (QED) is 0.209. The number of aliphatic carboxylic acids is 1. The summed E-state index contributed by atoms with van der Waals surface area (Å²) in [5.41, 5.74) is 8.43. The van der Waals surface area contributed by atoms with Gasteiger partial charge in [0.15, 0.2) is 0 Å². The highest BCUT2D eigenvalue weighted by Crippen LogP contribution is 2.44. The van der Waals surface area contributed by atoms with E-state index in [1.54, 1.807) is 41.5 Å². The molecule has 0 aromatic heterocycles. The van der Waals surface area contributed by atoms with Crippen LogP contribution in [0.5, 0.6) is 0 Å². The molecule has 1 atom stereocenters. The topological polar surface area (TPSA) is 170 Å². The van der Waals surface area contributed by atoms with Crippen LogP contribution < -0.4 is 11.1 Å². The molecule has 12 nitrogen and oxygen atoms in total. The molecular weight excluding hydrogens is 556 g/mol. The molecule has 0 radical (unpaired) electrons. The Labute approximate surface area is 251 Å². The number of nitrogens with one attached hydrogen (secondary N) is 1. The Morgan fingerprint density at radius 2 is 1.47 bits per heavy atom. The van der Waals surface area contributed by atoms with Gasteiger partial charge in [0.2, 0.25) is 5.96 Å². The summed E-state index contributed by atoms with van der Waals surface area (Å²) in [6, 6.07) is 14.4. The van der Waals surface area contributed by atoms with Gasteiger partial charge < -0.3 is 30.4 Å². The van der Waals surface area contributed by atoms with Crippen molar-refractivity contribution < 1.29 is 38.5 Å². The maximum absolute atomic E-state index is 12.8.